The molecule has 0 aliphatic heterocycles. The van der Waals surface area contributed by atoms with Gasteiger partial charge in [-0.1, -0.05) is 18.2 Å². The summed E-state index contributed by atoms with van der Waals surface area (Å²) in [5, 5.41) is 2.61. The van der Waals surface area contributed by atoms with E-state index < -0.39 is 5.97 Å². The molecule has 0 aliphatic rings. The molecule has 2 aromatic rings. The number of esters is 1. The van der Waals surface area contributed by atoms with E-state index in [4.69, 9.17) is 9.47 Å². The summed E-state index contributed by atoms with van der Waals surface area (Å²) >= 11 is 0. The molecule has 0 aliphatic carbocycles. The maximum atomic E-state index is 12.1. The number of benzene rings is 2. The van der Waals surface area contributed by atoms with Crippen molar-refractivity contribution in [1.82, 2.24) is 0 Å². The van der Waals surface area contributed by atoms with E-state index in [-0.39, 0.29) is 24.9 Å². The Morgan fingerprint density at radius 1 is 0.923 bits per heavy atom. The monoisotopic (exact) mass is 355 g/mol. The first-order chi connectivity index (χ1) is 12.4. The molecule has 0 aromatic heterocycles. The largest absolute Gasteiger partial charge is 0.481 e. The van der Waals surface area contributed by atoms with Crippen LogP contribution in [0.3, 0.4) is 0 Å². The Hall–Kier alpha value is -3.15. The van der Waals surface area contributed by atoms with Gasteiger partial charge in [-0.15, -0.1) is 0 Å². The predicted octanol–water partition coefficient (Wildman–Crippen LogP) is 3.07. The standard InChI is InChI=1S/C20H21NO5/c1-13-5-4-6-14(2)20(13)26-12-19(24)25-11-18(23)16-7-9-17(10-8-16)21-15(3)22/h4-10H,11-12H2,1-3H3,(H,21,22). The Morgan fingerprint density at radius 3 is 2.12 bits per heavy atom. The van der Waals surface area contributed by atoms with E-state index in [2.05, 4.69) is 5.32 Å². The van der Waals surface area contributed by atoms with E-state index in [1.54, 1.807) is 24.3 Å². The van der Waals surface area contributed by atoms with Crippen LogP contribution in [0, 0.1) is 13.8 Å². The van der Waals surface area contributed by atoms with Crippen LogP contribution in [-0.4, -0.2) is 30.9 Å². The molecule has 136 valence electrons. The zero-order chi connectivity index (χ0) is 19.1. The molecule has 0 saturated heterocycles. The van der Waals surface area contributed by atoms with Gasteiger partial charge in [0.1, 0.15) is 5.75 Å². The normalized spacial score (nSPS) is 10.1. The number of anilines is 1. The molecule has 1 amide bonds. The van der Waals surface area contributed by atoms with Gasteiger partial charge >= 0.3 is 5.97 Å². The summed E-state index contributed by atoms with van der Waals surface area (Å²) in [6.45, 7) is 4.55. The van der Waals surface area contributed by atoms with Crippen molar-refractivity contribution in [3.8, 4) is 5.75 Å². The van der Waals surface area contributed by atoms with Crippen molar-refractivity contribution in [1.29, 1.82) is 0 Å². The molecule has 0 spiro atoms. The highest BCUT2D eigenvalue weighted by Crippen LogP contribution is 2.22. The van der Waals surface area contributed by atoms with Crippen molar-refractivity contribution in [3.05, 3.63) is 59.2 Å². The van der Waals surface area contributed by atoms with E-state index in [9.17, 15) is 14.4 Å². The summed E-state index contributed by atoms with van der Waals surface area (Å²) < 4.78 is 10.5. The highest BCUT2D eigenvalue weighted by atomic mass is 16.6. The van der Waals surface area contributed by atoms with Crippen LogP contribution in [0.25, 0.3) is 0 Å². The lowest BCUT2D eigenvalue weighted by Crippen LogP contribution is -2.20. The van der Waals surface area contributed by atoms with Crippen LogP contribution in [0.1, 0.15) is 28.4 Å². The number of ketones is 1. The predicted molar refractivity (Wildman–Crippen MR) is 97.4 cm³/mol. The van der Waals surface area contributed by atoms with Gasteiger partial charge in [0.05, 0.1) is 0 Å². The average Bonchev–Trinajstić information content (AvgIpc) is 2.59. The lowest BCUT2D eigenvalue weighted by molar-refractivity contribution is -0.144. The van der Waals surface area contributed by atoms with Crippen LogP contribution in [-0.2, 0) is 14.3 Å². The number of amides is 1. The SMILES string of the molecule is CC(=O)Nc1ccc(C(=O)COC(=O)COc2c(C)cccc2C)cc1. The highest BCUT2D eigenvalue weighted by molar-refractivity contribution is 5.98. The van der Waals surface area contributed by atoms with Crippen molar-refractivity contribution in [2.24, 2.45) is 0 Å². The second-order valence-corrected chi connectivity index (χ2v) is 5.85. The second kappa shape index (κ2) is 8.80. The molecule has 26 heavy (non-hydrogen) atoms. The number of Topliss-reactive ketones (excluding diaryl/α,β-unsaturated/α-hetero) is 1. The van der Waals surface area contributed by atoms with Gasteiger partial charge in [0, 0.05) is 18.2 Å². The summed E-state index contributed by atoms with van der Waals surface area (Å²) in [6.07, 6.45) is 0. The minimum Gasteiger partial charge on any atom is -0.481 e. The molecule has 2 aromatic carbocycles. The van der Waals surface area contributed by atoms with Crippen LogP contribution in [0.4, 0.5) is 5.69 Å². The minimum atomic E-state index is -0.615. The lowest BCUT2D eigenvalue weighted by atomic mass is 10.1. The maximum Gasteiger partial charge on any atom is 0.344 e. The number of hydrogen-bond acceptors (Lipinski definition) is 5. The van der Waals surface area contributed by atoms with Crippen molar-refractivity contribution in [3.63, 3.8) is 0 Å². The number of carbonyl (C=O) groups excluding carboxylic acids is 3. The first-order valence-corrected chi connectivity index (χ1v) is 8.12. The Morgan fingerprint density at radius 2 is 1.54 bits per heavy atom. The van der Waals surface area contributed by atoms with Gasteiger partial charge in [0.25, 0.3) is 0 Å². The third-order valence-electron chi connectivity index (χ3n) is 3.63. The van der Waals surface area contributed by atoms with E-state index in [1.165, 1.54) is 6.92 Å². The highest BCUT2D eigenvalue weighted by Gasteiger charge is 2.12. The molecule has 0 fully saturated rings. The Labute approximate surface area is 152 Å². The molecule has 0 radical (unpaired) electrons. The number of nitrogens with one attached hydrogen (secondary N) is 1. The average molecular weight is 355 g/mol. The zero-order valence-corrected chi connectivity index (χ0v) is 15.0. The molecule has 2 rings (SSSR count). The second-order valence-electron chi connectivity index (χ2n) is 5.85. The fraction of sp³-hybridized carbons (Fsp3) is 0.250. The fourth-order valence-electron chi connectivity index (χ4n) is 2.37. The van der Waals surface area contributed by atoms with Gasteiger partial charge in [-0.2, -0.15) is 0 Å². The minimum absolute atomic E-state index is 0.193. The molecule has 6 heteroatoms. The van der Waals surface area contributed by atoms with Gasteiger partial charge < -0.3 is 14.8 Å². The molecule has 0 atom stereocenters. The Balaban J connectivity index is 1.83. The summed E-state index contributed by atoms with van der Waals surface area (Å²) in [5.74, 6) is -0.498. The van der Waals surface area contributed by atoms with Crippen molar-refractivity contribution in [2.45, 2.75) is 20.8 Å². The van der Waals surface area contributed by atoms with Gasteiger partial charge in [-0.25, -0.2) is 4.79 Å². The first kappa shape index (κ1) is 19.2. The number of rotatable bonds is 7. The van der Waals surface area contributed by atoms with E-state index in [0.29, 0.717) is 17.0 Å². The van der Waals surface area contributed by atoms with Crippen LogP contribution < -0.4 is 10.1 Å². The van der Waals surface area contributed by atoms with Crippen LogP contribution in [0.15, 0.2) is 42.5 Å². The number of ether oxygens (including phenoxy) is 2. The molecule has 0 unspecified atom stereocenters. The summed E-state index contributed by atoms with van der Waals surface area (Å²) in [5.41, 5.74) is 2.83. The molecular weight excluding hydrogens is 334 g/mol. The van der Waals surface area contributed by atoms with Crippen molar-refractivity contribution < 1.29 is 23.9 Å². The molecule has 0 bridgehead atoms. The summed E-state index contributed by atoms with van der Waals surface area (Å²) in [6, 6.07) is 12.0. The Bertz CT molecular complexity index is 791. The van der Waals surface area contributed by atoms with E-state index in [0.717, 1.165) is 11.1 Å². The number of carbonyl (C=O) groups is 3. The molecule has 1 N–H and O–H groups in total. The third-order valence-corrected chi connectivity index (χ3v) is 3.63. The lowest BCUT2D eigenvalue weighted by Gasteiger charge is -2.11. The number of aryl methyl sites for hydroxylation is 2. The van der Waals surface area contributed by atoms with Gasteiger partial charge in [-0.3, -0.25) is 9.59 Å². The van der Waals surface area contributed by atoms with Crippen molar-refractivity contribution >= 4 is 23.3 Å². The fourth-order valence-corrected chi connectivity index (χ4v) is 2.37. The van der Waals surface area contributed by atoms with Crippen LogP contribution in [0.2, 0.25) is 0 Å². The first-order valence-electron chi connectivity index (χ1n) is 8.12. The smallest absolute Gasteiger partial charge is 0.344 e. The topological polar surface area (TPSA) is 81.7 Å². The molecule has 0 saturated carbocycles. The van der Waals surface area contributed by atoms with E-state index in [1.807, 2.05) is 32.0 Å². The van der Waals surface area contributed by atoms with E-state index >= 15 is 0 Å². The van der Waals surface area contributed by atoms with Gasteiger partial charge in [0.15, 0.2) is 19.0 Å². The number of para-hydroxylation sites is 1. The molecule has 6 nitrogen and oxygen atoms in total. The summed E-state index contributed by atoms with van der Waals surface area (Å²) in [7, 11) is 0. The van der Waals surface area contributed by atoms with Crippen LogP contribution in [0.5, 0.6) is 5.75 Å². The summed E-state index contributed by atoms with van der Waals surface area (Å²) in [4.78, 5) is 34.8. The van der Waals surface area contributed by atoms with Crippen molar-refractivity contribution in [2.75, 3.05) is 18.5 Å². The van der Waals surface area contributed by atoms with Gasteiger partial charge in [-0.05, 0) is 49.2 Å². The quantitative estimate of drug-likeness (QED) is 0.610. The molecule has 0 heterocycles. The maximum absolute atomic E-state index is 12.1. The number of hydrogen-bond donors (Lipinski definition) is 1. The Kier molecular flexibility index (Phi) is 6.49. The molecular formula is C20H21NO5. The van der Waals surface area contributed by atoms with Gasteiger partial charge in [0.2, 0.25) is 5.91 Å². The third kappa shape index (κ3) is 5.44. The van der Waals surface area contributed by atoms with Crippen LogP contribution >= 0.6 is 0 Å². The zero-order valence-electron chi connectivity index (χ0n) is 15.0.